The summed E-state index contributed by atoms with van der Waals surface area (Å²) >= 11 is 0. The highest BCUT2D eigenvalue weighted by Crippen LogP contribution is 2.16. The minimum atomic E-state index is -0.251. The van der Waals surface area contributed by atoms with Crippen LogP contribution in [0.1, 0.15) is 11.1 Å². The molecule has 0 atom stereocenters. The summed E-state index contributed by atoms with van der Waals surface area (Å²) in [6.07, 6.45) is 5.18. The third-order valence-electron chi connectivity index (χ3n) is 2.81. The standard InChI is InChI=1S/C17H16FNO.ClH/c1-2-10-19-12-14-6-5-8-16(11-14)20-13-15-7-3-4-9-17(15)18;/h1,3-9,11,19H,10,12-13H2;1H. The van der Waals surface area contributed by atoms with E-state index in [1.807, 2.05) is 24.3 Å². The monoisotopic (exact) mass is 305 g/mol. The summed E-state index contributed by atoms with van der Waals surface area (Å²) in [5.74, 6) is 2.99. The lowest BCUT2D eigenvalue weighted by atomic mass is 10.2. The lowest BCUT2D eigenvalue weighted by molar-refractivity contribution is 0.299. The maximum atomic E-state index is 13.5. The SMILES string of the molecule is C#CCNCc1cccc(OCc2ccccc2F)c1.Cl. The zero-order chi connectivity index (χ0) is 14.2. The van der Waals surface area contributed by atoms with Crippen molar-refractivity contribution in [1.82, 2.24) is 5.32 Å². The second-order valence-electron chi connectivity index (χ2n) is 4.34. The summed E-state index contributed by atoms with van der Waals surface area (Å²) in [5.41, 5.74) is 1.62. The molecular weight excluding hydrogens is 289 g/mol. The van der Waals surface area contributed by atoms with Crippen molar-refractivity contribution in [3.8, 4) is 18.1 Å². The summed E-state index contributed by atoms with van der Waals surface area (Å²) < 4.78 is 19.1. The molecule has 0 spiro atoms. The topological polar surface area (TPSA) is 21.3 Å². The minimum Gasteiger partial charge on any atom is -0.489 e. The molecule has 2 rings (SSSR count). The van der Waals surface area contributed by atoms with Crippen LogP contribution in [0.2, 0.25) is 0 Å². The van der Waals surface area contributed by atoms with Crippen molar-refractivity contribution in [3.63, 3.8) is 0 Å². The molecule has 0 radical (unpaired) electrons. The fourth-order valence-electron chi connectivity index (χ4n) is 1.80. The molecule has 110 valence electrons. The number of halogens is 2. The quantitative estimate of drug-likeness (QED) is 0.651. The van der Waals surface area contributed by atoms with Crippen LogP contribution in [0.25, 0.3) is 0 Å². The van der Waals surface area contributed by atoms with Gasteiger partial charge in [0.25, 0.3) is 0 Å². The smallest absolute Gasteiger partial charge is 0.129 e. The number of benzene rings is 2. The van der Waals surface area contributed by atoms with E-state index < -0.39 is 0 Å². The predicted molar refractivity (Wildman–Crippen MR) is 85.0 cm³/mol. The molecule has 0 bridgehead atoms. The van der Waals surface area contributed by atoms with Gasteiger partial charge >= 0.3 is 0 Å². The number of hydrogen-bond acceptors (Lipinski definition) is 2. The van der Waals surface area contributed by atoms with Crippen LogP contribution in [0.3, 0.4) is 0 Å². The van der Waals surface area contributed by atoms with Gasteiger partial charge in [-0.25, -0.2) is 4.39 Å². The van der Waals surface area contributed by atoms with E-state index in [1.165, 1.54) is 6.07 Å². The highest BCUT2D eigenvalue weighted by molar-refractivity contribution is 5.85. The zero-order valence-corrected chi connectivity index (χ0v) is 12.3. The van der Waals surface area contributed by atoms with E-state index in [1.54, 1.807) is 18.2 Å². The summed E-state index contributed by atoms with van der Waals surface area (Å²) in [7, 11) is 0. The Kier molecular flexibility index (Phi) is 7.31. The fourth-order valence-corrected chi connectivity index (χ4v) is 1.80. The van der Waals surface area contributed by atoms with Crippen molar-refractivity contribution in [3.05, 3.63) is 65.5 Å². The molecule has 21 heavy (non-hydrogen) atoms. The second kappa shape index (κ2) is 9.02. The van der Waals surface area contributed by atoms with Crippen LogP contribution >= 0.6 is 12.4 Å². The predicted octanol–water partition coefficient (Wildman–Crippen LogP) is 3.55. The molecule has 0 unspecified atom stereocenters. The van der Waals surface area contributed by atoms with Crippen molar-refractivity contribution in [2.24, 2.45) is 0 Å². The Hall–Kier alpha value is -2.02. The van der Waals surface area contributed by atoms with E-state index in [0.29, 0.717) is 24.4 Å². The summed E-state index contributed by atoms with van der Waals surface area (Å²) in [5, 5.41) is 3.11. The molecule has 0 saturated carbocycles. The van der Waals surface area contributed by atoms with Crippen molar-refractivity contribution in [1.29, 1.82) is 0 Å². The third-order valence-corrected chi connectivity index (χ3v) is 2.81. The average molecular weight is 306 g/mol. The lowest BCUT2D eigenvalue weighted by Gasteiger charge is -2.09. The van der Waals surface area contributed by atoms with E-state index in [0.717, 1.165) is 5.56 Å². The van der Waals surface area contributed by atoms with Gasteiger partial charge < -0.3 is 10.1 Å². The fraction of sp³-hybridized carbons (Fsp3) is 0.176. The number of ether oxygens (including phenoxy) is 1. The van der Waals surface area contributed by atoms with E-state index in [2.05, 4.69) is 11.2 Å². The van der Waals surface area contributed by atoms with E-state index >= 15 is 0 Å². The molecule has 0 saturated heterocycles. The molecule has 0 aliphatic rings. The van der Waals surface area contributed by atoms with Crippen LogP contribution in [0.5, 0.6) is 5.75 Å². The van der Waals surface area contributed by atoms with Gasteiger partial charge in [0.15, 0.2) is 0 Å². The number of nitrogens with one attached hydrogen (secondary N) is 1. The summed E-state index contributed by atoms with van der Waals surface area (Å²) in [6.45, 7) is 1.43. The summed E-state index contributed by atoms with van der Waals surface area (Å²) in [6, 6.07) is 14.3. The van der Waals surface area contributed by atoms with E-state index in [4.69, 9.17) is 11.2 Å². The van der Waals surface area contributed by atoms with Crippen LogP contribution < -0.4 is 10.1 Å². The molecule has 0 aliphatic heterocycles. The molecule has 2 aromatic rings. The lowest BCUT2D eigenvalue weighted by Crippen LogP contribution is -2.12. The van der Waals surface area contributed by atoms with Gasteiger partial charge in [-0.2, -0.15) is 0 Å². The van der Waals surface area contributed by atoms with Gasteiger partial charge in [-0.05, 0) is 23.8 Å². The Morgan fingerprint density at radius 2 is 1.95 bits per heavy atom. The van der Waals surface area contributed by atoms with Crippen molar-refractivity contribution in [2.75, 3.05) is 6.54 Å². The molecule has 0 aliphatic carbocycles. The van der Waals surface area contributed by atoms with Crippen LogP contribution in [-0.4, -0.2) is 6.54 Å². The first-order chi connectivity index (χ1) is 9.79. The first-order valence-electron chi connectivity index (χ1n) is 6.39. The molecule has 2 nitrogen and oxygen atoms in total. The van der Waals surface area contributed by atoms with Gasteiger partial charge in [0.2, 0.25) is 0 Å². The number of terminal acetylenes is 1. The number of hydrogen-bond donors (Lipinski definition) is 1. The first-order valence-corrected chi connectivity index (χ1v) is 6.39. The van der Waals surface area contributed by atoms with Crippen LogP contribution in [0, 0.1) is 18.2 Å². The van der Waals surface area contributed by atoms with Crippen molar-refractivity contribution < 1.29 is 9.13 Å². The number of rotatable bonds is 6. The second-order valence-corrected chi connectivity index (χ2v) is 4.34. The Morgan fingerprint density at radius 3 is 2.71 bits per heavy atom. The van der Waals surface area contributed by atoms with Gasteiger partial charge in [-0.1, -0.05) is 36.3 Å². The third kappa shape index (κ3) is 5.47. The molecular formula is C17H17ClFNO. The zero-order valence-electron chi connectivity index (χ0n) is 11.5. The molecule has 0 heterocycles. The highest BCUT2D eigenvalue weighted by Gasteiger charge is 2.02. The molecule has 4 heteroatoms. The maximum Gasteiger partial charge on any atom is 0.129 e. The maximum absolute atomic E-state index is 13.5. The van der Waals surface area contributed by atoms with Crippen molar-refractivity contribution in [2.45, 2.75) is 13.2 Å². The molecule has 0 aromatic heterocycles. The van der Waals surface area contributed by atoms with Gasteiger partial charge in [0.1, 0.15) is 18.2 Å². The molecule has 2 aromatic carbocycles. The molecule has 0 amide bonds. The normalized spacial score (nSPS) is 9.52. The average Bonchev–Trinajstić information content (AvgIpc) is 2.47. The van der Waals surface area contributed by atoms with E-state index in [9.17, 15) is 4.39 Å². The van der Waals surface area contributed by atoms with Crippen LogP contribution in [-0.2, 0) is 13.2 Å². The van der Waals surface area contributed by atoms with Gasteiger partial charge in [-0.3, -0.25) is 0 Å². The van der Waals surface area contributed by atoms with E-state index in [-0.39, 0.29) is 24.8 Å². The Balaban J connectivity index is 0.00000220. The van der Waals surface area contributed by atoms with Gasteiger partial charge in [-0.15, -0.1) is 18.8 Å². The van der Waals surface area contributed by atoms with Crippen LogP contribution in [0.15, 0.2) is 48.5 Å². The van der Waals surface area contributed by atoms with Gasteiger partial charge in [0.05, 0.1) is 6.54 Å². The van der Waals surface area contributed by atoms with Crippen molar-refractivity contribution >= 4 is 12.4 Å². The van der Waals surface area contributed by atoms with Gasteiger partial charge in [0, 0.05) is 12.1 Å². The van der Waals surface area contributed by atoms with Crippen LogP contribution in [0.4, 0.5) is 4.39 Å². The summed E-state index contributed by atoms with van der Waals surface area (Å²) in [4.78, 5) is 0. The Labute approximate surface area is 130 Å². The minimum absolute atomic E-state index is 0. The molecule has 1 N–H and O–H groups in total. The Bertz CT molecular complexity index is 610. The highest BCUT2D eigenvalue weighted by atomic mass is 35.5. The Morgan fingerprint density at radius 1 is 1.14 bits per heavy atom. The largest absolute Gasteiger partial charge is 0.489 e. The molecule has 0 fully saturated rings. The first kappa shape index (κ1) is 17.0.